The number of aryl methyl sites for hydroxylation is 1. The molecule has 1 aliphatic heterocycles. The highest BCUT2D eigenvalue weighted by molar-refractivity contribution is 7.89. The SMILES string of the molecule is CCS(=O)(=O)N1CCN(C(=O)c2cnn(C)c2)CC1. The largest absolute Gasteiger partial charge is 0.336 e. The van der Waals surface area contributed by atoms with Gasteiger partial charge in [0.2, 0.25) is 10.0 Å². The third-order valence-electron chi connectivity index (χ3n) is 3.24. The smallest absolute Gasteiger partial charge is 0.257 e. The number of hydrogen-bond donors (Lipinski definition) is 0. The van der Waals surface area contributed by atoms with Crippen molar-refractivity contribution in [1.29, 1.82) is 0 Å². The van der Waals surface area contributed by atoms with E-state index in [4.69, 9.17) is 0 Å². The van der Waals surface area contributed by atoms with Crippen molar-refractivity contribution in [2.45, 2.75) is 6.92 Å². The summed E-state index contributed by atoms with van der Waals surface area (Å²) in [4.78, 5) is 13.8. The molecule has 19 heavy (non-hydrogen) atoms. The summed E-state index contributed by atoms with van der Waals surface area (Å²) in [6.07, 6.45) is 3.19. The lowest BCUT2D eigenvalue weighted by molar-refractivity contribution is 0.0698. The molecule has 0 radical (unpaired) electrons. The van der Waals surface area contributed by atoms with Gasteiger partial charge in [-0.2, -0.15) is 9.40 Å². The van der Waals surface area contributed by atoms with Crippen LogP contribution in [0.25, 0.3) is 0 Å². The molecule has 0 spiro atoms. The molecule has 0 unspecified atom stereocenters. The van der Waals surface area contributed by atoms with Gasteiger partial charge in [-0.3, -0.25) is 9.48 Å². The van der Waals surface area contributed by atoms with Crippen molar-refractivity contribution in [2.75, 3.05) is 31.9 Å². The first kappa shape index (κ1) is 14.0. The number of aromatic nitrogens is 2. The van der Waals surface area contributed by atoms with Gasteiger partial charge in [-0.05, 0) is 6.92 Å². The fraction of sp³-hybridized carbons (Fsp3) is 0.636. The Labute approximate surface area is 112 Å². The molecule has 1 amide bonds. The first-order valence-corrected chi connectivity index (χ1v) is 7.80. The van der Waals surface area contributed by atoms with Crippen LogP contribution in [-0.2, 0) is 17.1 Å². The summed E-state index contributed by atoms with van der Waals surface area (Å²) < 4.78 is 26.4. The standard InChI is InChI=1S/C11H18N4O3S/c1-3-19(17,18)15-6-4-14(5-7-15)11(16)10-8-12-13(2)9-10/h8-9H,3-7H2,1-2H3. The monoisotopic (exact) mass is 286 g/mol. The van der Waals surface area contributed by atoms with Crippen molar-refractivity contribution >= 4 is 15.9 Å². The van der Waals surface area contributed by atoms with E-state index >= 15 is 0 Å². The van der Waals surface area contributed by atoms with E-state index in [0.717, 1.165) is 0 Å². The molecule has 0 bridgehead atoms. The molecule has 1 saturated heterocycles. The van der Waals surface area contributed by atoms with Gasteiger partial charge < -0.3 is 4.90 Å². The fourth-order valence-corrected chi connectivity index (χ4v) is 3.15. The Morgan fingerprint density at radius 3 is 2.42 bits per heavy atom. The molecule has 2 heterocycles. The van der Waals surface area contributed by atoms with E-state index in [-0.39, 0.29) is 11.7 Å². The summed E-state index contributed by atoms with van der Waals surface area (Å²) in [7, 11) is -1.40. The number of piperazine rings is 1. The molecule has 0 aromatic carbocycles. The molecule has 1 aromatic heterocycles. The van der Waals surface area contributed by atoms with Crippen molar-refractivity contribution in [3.63, 3.8) is 0 Å². The maximum Gasteiger partial charge on any atom is 0.257 e. The Balaban J connectivity index is 1.99. The zero-order valence-electron chi connectivity index (χ0n) is 11.1. The second kappa shape index (κ2) is 5.30. The van der Waals surface area contributed by atoms with Gasteiger partial charge in [-0.15, -0.1) is 0 Å². The molecule has 1 aliphatic rings. The molecule has 0 saturated carbocycles. The van der Waals surface area contributed by atoms with Crippen LogP contribution in [0.2, 0.25) is 0 Å². The Morgan fingerprint density at radius 2 is 1.95 bits per heavy atom. The molecule has 1 aromatic rings. The Morgan fingerprint density at radius 1 is 1.32 bits per heavy atom. The zero-order valence-corrected chi connectivity index (χ0v) is 11.9. The van der Waals surface area contributed by atoms with E-state index in [9.17, 15) is 13.2 Å². The second-order valence-corrected chi connectivity index (χ2v) is 6.75. The van der Waals surface area contributed by atoms with Crippen molar-refractivity contribution in [3.8, 4) is 0 Å². The number of carbonyl (C=O) groups is 1. The number of carbonyl (C=O) groups excluding carboxylic acids is 1. The minimum absolute atomic E-state index is 0.0957. The molecule has 2 rings (SSSR count). The number of rotatable bonds is 3. The Kier molecular flexibility index (Phi) is 3.91. The molecule has 1 fully saturated rings. The van der Waals surface area contributed by atoms with Gasteiger partial charge in [-0.1, -0.05) is 0 Å². The summed E-state index contributed by atoms with van der Waals surface area (Å²) in [6, 6.07) is 0. The van der Waals surface area contributed by atoms with Gasteiger partial charge in [0.05, 0.1) is 17.5 Å². The van der Waals surface area contributed by atoms with Crippen LogP contribution >= 0.6 is 0 Å². The fourth-order valence-electron chi connectivity index (χ4n) is 2.07. The van der Waals surface area contributed by atoms with Gasteiger partial charge in [0.25, 0.3) is 5.91 Å². The first-order chi connectivity index (χ1) is 8.94. The molecule has 0 aliphatic carbocycles. The zero-order chi connectivity index (χ0) is 14.0. The predicted molar refractivity (Wildman–Crippen MR) is 70.1 cm³/mol. The van der Waals surface area contributed by atoms with Crippen LogP contribution in [0.15, 0.2) is 12.4 Å². The average Bonchev–Trinajstić information content (AvgIpc) is 2.85. The predicted octanol–water partition coefficient (Wildman–Crippen LogP) is -0.472. The van der Waals surface area contributed by atoms with Crippen LogP contribution in [0.1, 0.15) is 17.3 Å². The van der Waals surface area contributed by atoms with Crippen molar-refractivity contribution in [2.24, 2.45) is 7.05 Å². The van der Waals surface area contributed by atoms with Crippen LogP contribution in [0.4, 0.5) is 0 Å². The molecule has 106 valence electrons. The molecular formula is C11H18N4O3S. The van der Waals surface area contributed by atoms with Crippen molar-refractivity contribution < 1.29 is 13.2 Å². The van der Waals surface area contributed by atoms with E-state index in [2.05, 4.69) is 5.10 Å². The summed E-state index contributed by atoms with van der Waals surface area (Å²) >= 11 is 0. The molecule has 0 atom stereocenters. The van der Waals surface area contributed by atoms with E-state index in [1.165, 1.54) is 10.5 Å². The highest BCUT2D eigenvalue weighted by Crippen LogP contribution is 2.11. The number of hydrogen-bond acceptors (Lipinski definition) is 4. The number of nitrogens with zero attached hydrogens (tertiary/aromatic N) is 4. The van der Waals surface area contributed by atoms with Crippen LogP contribution in [0.5, 0.6) is 0 Å². The summed E-state index contributed by atoms with van der Waals surface area (Å²) in [5.41, 5.74) is 0.536. The quantitative estimate of drug-likeness (QED) is 0.752. The highest BCUT2D eigenvalue weighted by atomic mass is 32.2. The minimum atomic E-state index is -3.15. The first-order valence-electron chi connectivity index (χ1n) is 6.20. The van der Waals surface area contributed by atoms with Crippen molar-refractivity contribution in [3.05, 3.63) is 18.0 Å². The van der Waals surface area contributed by atoms with Gasteiger partial charge in [-0.25, -0.2) is 8.42 Å². The maximum absolute atomic E-state index is 12.1. The molecule has 7 nitrogen and oxygen atoms in total. The van der Waals surface area contributed by atoms with Gasteiger partial charge >= 0.3 is 0 Å². The summed E-state index contributed by atoms with van der Waals surface area (Å²) in [5, 5.41) is 3.96. The van der Waals surface area contributed by atoms with Crippen molar-refractivity contribution in [1.82, 2.24) is 19.0 Å². The van der Waals surface area contributed by atoms with E-state index in [0.29, 0.717) is 31.7 Å². The van der Waals surface area contributed by atoms with E-state index < -0.39 is 10.0 Å². The molecule has 8 heteroatoms. The van der Waals surface area contributed by atoms with Crippen LogP contribution in [-0.4, -0.2) is 65.2 Å². The van der Waals surface area contributed by atoms with Gasteiger partial charge in [0, 0.05) is 39.4 Å². The average molecular weight is 286 g/mol. The lowest BCUT2D eigenvalue weighted by Crippen LogP contribution is -2.50. The minimum Gasteiger partial charge on any atom is -0.336 e. The van der Waals surface area contributed by atoms with Crippen LogP contribution in [0.3, 0.4) is 0 Å². The number of amides is 1. The molecular weight excluding hydrogens is 268 g/mol. The van der Waals surface area contributed by atoms with Gasteiger partial charge in [0.1, 0.15) is 0 Å². The Hall–Kier alpha value is -1.41. The Bertz CT molecular complexity index is 558. The lowest BCUT2D eigenvalue weighted by Gasteiger charge is -2.33. The van der Waals surface area contributed by atoms with E-state index in [1.807, 2.05) is 0 Å². The summed E-state index contributed by atoms with van der Waals surface area (Å²) in [5.74, 6) is 0.00505. The number of sulfonamides is 1. The van der Waals surface area contributed by atoms with Crippen LogP contribution in [0, 0.1) is 0 Å². The van der Waals surface area contributed by atoms with Gasteiger partial charge in [0.15, 0.2) is 0 Å². The maximum atomic E-state index is 12.1. The lowest BCUT2D eigenvalue weighted by atomic mass is 10.2. The van der Waals surface area contributed by atoms with E-state index in [1.54, 1.807) is 29.7 Å². The third kappa shape index (κ3) is 2.95. The van der Waals surface area contributed by atoms with Crippen LogP contribution < -0.4 is 0 Å². The second-order valence-electron chi connectivity index (χ2n) is 4.49. The third-order valence-corrected chi connectivity index (χ3v) is 5.12. The topological polar surface area (TPSA) is 75.5 Å². The normalized spacial score (nSPS) is 17.7. The summed E-state index contributed by atoms with van der Waals surface area (Å²) in [6.45, 7) is 3.20. The highest BCUT2D eigenvalue weighted by Gasteiger charge is 2.28. The molecule has 0 N–H and O–H groups in total.